The van der Waals surface area contributed by atoms with Crippen molar-refractivity contribution in [2.45, 2.75) is 39.3 Å². The van der Waals surface area contributed by atoms with Crippen LogP contribution in [0.25, 0.3) is 22.0 Å². The number of carbonyl (C=O) groups excluding carboxylic acids is 1. The molecule has 40 heavy (non-hydrogen) atoms. The molecule has 2 aromatic carbocycles. The zero-order chi connectivity index (χ0) is 29.0. The molecule has 0 unspecified atom stereocenters. The first-order valence-electron chi connectivity index (χ1n) is 12.4. The molecule has 208 valence electrons. The molecule has 0 bridgehead atoms. The smallest absolute Gasteiger partial charge is 0.333 e. The third kappa shape index (κ3) is 4.96. The molecule has 0 saturated heterocycles. The van der Waals surface area contributed by atoms with Crippen molar-refractivity contribution in [3.8, 4) is 11.1 Å². The third-order valence-electron chi connectivity index (χ3n) is 6.96. The van der Waals surface area contributed by atoms with Crippen LogP contribution in [0.15, 0.2) is 65.6 Å². The van der Waals surface area contributed by atoms with Gasteiger partial charge in [0.15, 0.2) is 0 Å². The molecule has 1 amide bonds. The van der Waals surface area contributed by atoms with Gasteiger partial charge in [-0.2, -0.15) is 26.3 Å². The molecule has 0 fully saturated rings. The summed E-state index contributed by atoms with van der Waals surface area (Å²) in [6.45, 7) is 3.14. The van der Waals surface area contributed by atoms with E-state index in [-0.39, 0.29) is 41.8 Å². The normalized spacial score (nSPS) is 16.2. The lowest BCUT2D eigenvalue weighted by Crippen LogP contribution is -2.34. The van der Waals surface area contributed by atoms with Gasteiger partial charge in [-0.3, -0.25) is 14.6 Å². The molecule has 1 atom stereocenters. The lowest BCUT2D eigenvalue weighted by atomic mass is 9.95. The molecular weight excluding hydrogens is 536 g/mol. The molecule has 4 aromatic rings. The summed E-state index contributed by atoms with van der Waals surface area (Å²) in [6.07, 6.45) is -8.53. The SMILES string of the molecule is Cc1ccnc2c(=O)n3c(c(-c4ccccc4)c12)C(=O)N(Cc1cc(C(F)(F)F)cc(C(F)(F)F)c1)C[C@H](C)C3. The quantitative estimate of drug-likeness (QED) is 0.263. The maximum atomic E-state index is 14.2. The number of halogens is 6. The van der Waals surface area contributed by atoms with Gasteiger partial charge >= 0.3 is 12.4 Å². The fourth-order valence-electron chi connectivity index (χ4n) is 5.25. The van der Waals surface area contributed by atoms with Crippen molar-refractivity contribution in [2.75, 3.05) is 6.54 Å². The molecule has 5 rings (SSSR count). The van der Waals surface area contributed by atoms with Crippen LogP contribution in [0.1, 0.15) is 39.7 Å². The molecule has 1 aliphatic rings. The Morgan fingerprint density at radius 2 is 1.52 bits per heavy atom. The van der Waals surface area contributed by atoms with Gasteiger partial charge in [0.05, 0.1) is 11.1 Å². The number of rotatable bonds is 3. The summed E-state index contributed by atoms with van der Waals surface area (Å²) in [6, 6.07) is 11.8. The van der Waals surface area contributed by atoms with Crippen molar-refractivity contribution >= 4 is 16.8 Å². The Labute approximate surface area is 224 Å². The zero-order valence-corrected chi connectivity index (χ0v) is 21.4. The van der Waals surface area contributed by atoms with Gasteiger partial charge < -0.3 is 9.47 Å². The van der Waals surface area contributed by atoms with Crippen molar-refractivity contribution in [3.05, 3.63) is 99.1 Å². The van der Waals surface area contributed by atoms with Gasteiger partial charge in [-0.15, -0.1) is 0 Å². The van der Waals surface area contributed by atoms with Crippen LogP contribution in [-0.4, -0.2) is 26.9 Å². The highest BCUT2D eigenvalue weighted by Crippen LogP contribution is 2.38. The molecule has 1 aliphatic heterocycles. The average molecular weight is 560 g/mol. The summed E-state index contributed by atoms with van der Waals surface area (Å²) in [7, 11) is 0. The molecule has 0 N–H and O–H groups in total. The number of alkyl halides is 6. The number of pyridine rings is 2. The van der Waals surface area contributed by atoms with Gasteiger partial charge in [0.25, 0.3) is 11.5 Å². The van der Waals surface area contributed by atoms with Gasteiger partial charge in [-0.05, 0) is 53.8 Å². The Hall–Kier alpha value is -4.15. The minimum Gasteiger partial charge on any atom is -0.333 e. The fourth-order valence-corrected chi connectivity index (χ4v) is 5.25. The van der Waals surface area contributed by atoms with Crippen LogP contribution in [0.4, 0.5) is 26.3 Å². The Kier molecular flexibility index (Phi) is 6.71. The second-order valence-electron chi connectivity index (χ2n) is 10.1. The van der Waals surface area contributed by atoms with E-state index in [4.69, 9.17) is 0 Å². The Morgan fingerprint density at radius 1 is 0.900 bits per heavy atom. The van der Waals surface area contributed by atoms with Gasteiger partial charge in [0, 0.05) is 36.8 Å². The number of aryl methyl sites for hydroxylation is 1. The van der Waals surface area contributed by atoms with E-state index in [1.165, 1.54) is 15.7 Å². The third-order valence-corrected chi connectivity index (χ3v) is 6.96. The highest BCUT2D eigenvalue weighted by Gasteiger charge is 2.38. The van der Waals surface area contributed by atoms with Crippen LogP contribution in [0.3, 0.4) is 0 Å². The average Bonchev–Trinajstić information content (AvgIpc) is 3.00. The van der Waals surface area contributed by atoms with E-state index in [2.05, 4.69) is 4.98 Å². The molecule has 0 spiro atoms. The first kappa shape index (κ1) is 27.4. The van der Waals surface area contributed by atoms with Crippen LogP contribution in [0.5, 0.6) is 0 Å². The van der Waals surface area contributed by atoms with Gasteiger partial charge in [-0.25, -0.2) is 0 Å². The minimum atomic E-state index is -5.02. The number of benzene rings is 2. The van der Waals surface area contributed by atoms with Crippen LogP contribution in [0, 0.1) is 12.8 Å². The molecule has 2 aromatic heterocycles. The number of nitrogens with zero attached hydrogens (tertiary/aromatic N) is 3. The van der Waals surface area contributed by atoms with Crippen molar-refractivity contribution in [1.82, 2.24) is 14.5 Å². The highest BCUT2D eigenvalue weighted by molar-refractivity contribution is 6.08. The summed E-state index contributed by atoms with van der Waals surface area (Å²) in [5.41, 5.74) is -1.79. The van der Waals surface area contributed by atoms with E-state index < -0.39 is 41.5 Å². The topological polar surface area (TPSA) is 55.2 Å². The summed E-state index contributed by atoms with van der Waals surface area (Å²) in [5.74, 6) is -1.02. The predicted octanol–water partition coefficient (Wildman–Crippen LogP) is 6.70. The molecule has 11 heteroatoms. The van der Waals surface area contributed by atoms with Crippen molar-refractivity contribution in [3.63, 3.8) is 0 Å². The summed E-state index contributed by atoms with van der Waals surface area (Å²) in [4.78, 5) is 33.3. The fraction of sp³-hybridized carbons (Fsp3) is 0.276. The largest absolute Gasteiger partial charge is 0.416 e. The number of carbonyl (C=O) groups is 1. The van der Waals surface area contributed by atoms with E-state index >= 15 is 0 Å². The first-order valence-corrected chi connectivity index (χ1v) is 12.4. The summed E-state index contributed by atoms with van der Waals surface area (Å²) < 4.78 is 82.3. The van der Waals surface area contributed by atoms with Gasteiger partial charge in [0.1, 0.15) is 11.2 Å². The minimum absolute atomic E-state index is 0.00847. The first-order chi connectivity index (χ1) is 18.8. The molecular formula is C29H23F6N3O2. The van der Waals surface area contributed by atoms with E-state index in [0.29, 0.717) is 34.2 Å². The molecule has 3 heterocycles. The van der Waals surface area contributed by atoms with Crippen LogP contribution in [-0.2, 0) is 25.4 Å². The summed E-state index contributed by atoms with van der Waals surface area (Å²) in [5, 5.41) is 0.464. The maximum Gasteiger partial charge on any atom is 0.416 e. The predicted molar refractivity (Wildman–Crippen MR) is 137 cm³/mol. The highest BCUT2D eigenvalue weighted by atomic mass is 19.4. The molecule has 0 aliphatic carbocycles. The van der Waals surface area contributed by atoms with Crippen molar-refractivity contribution in [1.29, 1.82) is 0 Å². The van der Waals surface area contributed by atoms with Gasteiger partial charge in [-0.1, -0.05) is 37.3 Å². The summed E-state index contributed by atoms with van der Waals surface area (Å²) >= 11 is 0. The van der Waals surface area contributed by atoms with E-state index in [1.54, 1.807) is 50.2 Å². The number of aromatic nitrogens is 2. The monoisotopic (exact) mass is 559 g/mol. The van der Waals surface area contributed by atoms with Gasteiger partial charge in [0.2, 0.25) is 0 Å². The second kappa shape index (κ2) is 9.79. The molecule has 0 saturated carbocycles. The van der Waals surface area contributed by atoms with E-state index in [1.807, 2.05) is 0 Å². The lowest BCUT2D eigenvalue weighted by molar-refractivity contribution is -0.143. The van der Waals surface area contributed by atoms with E-state index in [0.717, 1.165) is 0 Å². The second-order valence-corrected chi connectivity index (χ2v) is 10.1. The molecule has 0 radical (unpaired) electrons. The maximum absolute atomic E-state index is 14.2. The zero-order valence-electron chi connectivity index (χ0n) is 21.4. The van der Waals surface area contributed by atoms with Crippen LogP contribution in [0.2, 0.25) is 0 Å². The van der Waals surface area contributed by atoms with E-state index in [9.17, 15) is 35.9 Å². The Bertz CT molecular complexity index is 1640. The Balaban J connectivity index is 1.73. The number of hydrogen-bond acceptors (Lipinski definition) is 3. The van der Waals surface area contributed by atoms with Crippen molar-refractivity contribution in [2.24, 2.45) is 5.92 Å². The van der Waals surface area contributed by atoms with Crippen molar-refractivity contribution < 1.29 is 31.1 Å². The standard InChI is InChI=1S/C29H23F6N3O2/c1-16-13-37(15-18-10-20(28(30,31)32)12-21(11-18)29(33,34)35)27(40)25-23(19-6-4-3-5-7-19)22-17(2)8-9-36-24(22)26(39)38(25)14-16/h3-12,16H,13-15H2,1-2H3/t16-/m0/s1. The number of fused-ring (bicyclic) bond motifs is 2. The number of hydrogen-bond donors (Lipinski definition) is 0. The number of amides is 1. The van der Waals surface area contributed by atoms with Crippen LogP contribution >= 0.6 is 0 Å². The lowest BCUT2D eigenvalue weighted by Gasteiger charge is -2.25. The Morgan fingerprint density at radius 3 is 2.12 bits per heavy atom. The molecule has 5 nitrogen and oxygen atoms in total. The van der Waals surface area contributed by atoms with Crippen LogP contribution < -0.4 is 5.56 Å².